The number of benzene rings is 2. The fraction of sp³-hybridized carbons (Fsp3) is 0.269. The van der Waals surface area contributed by atoms with Crippen molar-refractivity contribution in [3.8, 4) is 21.8 Å². The van der Waals surface area contributed by atoms with Gasteiger partial charge in [0.1, 0.15) is 16.4 Å². The van der Waals surface area contributed by atoms with Crippen molar-refractivity contribution >= 4 is 17.3 Å². The van der Waals surface area contributed by atoms with Crippen LogP contribution in [-0.2, 0) is 5.60 Å². The highest BCUT2D eigenvalue weighted by Crippen LogP contribution is 2.42. The molecule has 0 radical (unpaired) electrons. The van der Waals surface area contributed by atoms with Crippen LogP contribution in [0.5, 0.6) is 0 Å². The maximum Gasteiger partial charge on any atom is 0.223 e. The molecule has 1 aliphatic heterocycles. The first kappa shape index (κ1) is 22.6. The summed E-state index contributed by atoms with van der Waals surface area (Å²) in [4.78, 5) is 14.9. The van der Waals surface area contributed by atoms with E-state index in [1.54, 1.807) is 18.3 Å². The van der Waals surface area contributed by atoms with Crippen molar-refractivity contribution < 1.29 is 9.50 Å². The highest BCUT2D eigenvalue weighted by atomic mass is 32.1. The zero-order chi connectivity index (χ0) is 23.5. The molecule has 4 aromatic rings. The number of halogens is 1. The number of hydrogen-bond donors (Lipinski definition) is 3. The van der Waals surface area contributed by atoms with E-state index in [0.29, 0.717) is 35.2 Å². The summed E-state index contributed by atoms with van der Waals surface area (Å²) in [6.07, 6.45) is 2.90. The number of rotatable bonds is 6. The summed E-state index contributed by atoms with van der Waals surface area (Å²) in [5.41, 5.74) is 2.32. The highest BCUT2D eigenvalue weighted by Gasteiger charge is 2.35. The van der Waals surface area contributed by atoms with Crippen molar-refractivity contribution in [2.24, 2.45) is 0 Å². The van der Waals surface area contributed by atoms with Gasteiger partial charge in [0, 0.05) is 11.8 Å². The topological polar surface area (TPSA) is 83.0 Å². The SMILES string of the molecule is C[C@H](Nc1nccc(-c2sc(C3(O)CCNCC3)nc2-c2ccc(F)cc2)n1)c1ccccc1. The molecule has 0 saturated carbocycles. The standard InChI is InChI=1S/C26H26FN5OS/c1-17(18-5-3-2-4-6-18)30-25-29-14-11-21(31-25)23-22(19-7-9-20(27)10-8-19)32-24(34-23)26(33)12-15-28-16-13-26/h2-11,14,17,28,33H,12-13,15-16H2,1H3,(H,29,30,31)/t17-/m0/s1. The Labute approximate surface area is 202 Å². The maximum absolute atomic E-state index is 13.6. The number of aliphatic hydroxyl groups is 1. The molecular weight excluding hydrogens is 449 g/mol. The molecule has 0 bridgehead atoms. The summed E-state index contributed by atoms with van der Waals surface area (Å²) < 4.78 is 13.6. The van der Waals surface area contributed by atoms with E-state index in [1.807, 2.05) is 24.3 Å². The number of piperidine rings is 1. The molecule has 3 heterocycles. The van der Waals surface area contributed by atoms with Gasteiger partial charge in [-0.2, -0.15) is 0 Å². The normalized spacial score (nSPS) is 16.2. The van der Waals surface area contributed by atoms with Crippen LogP contribution in [0.1, 0.15) is 36.4 Å². The van der Waals surface area contributed by atoms with Crippen LogP contribution in [0.15, 0.2) is 66.9 Å². The Bertz CT molecular complexity index is 1260. The third-order valence-corrected chi connectivity index (χ3v) is 7.38. The third-order valence-electron chi connectivity index (χ3n) is 6.11. The van der Waals surface area contributed by atoms with Gasteiger partial charge in [-0.3, -0.25) is 0 Å². The average Bonchev–Trinajstić information content (AvgIpc) is 3.32. The lowest BCUT2D eigenvalue weighted by Crippen LogP contribution is -2.39. The van der Waals surface area contributed by atoms with Gasteiger partial charge in [0.05, 0.1) is 22.3 Å². The maximum atomic E-state index is 13.6. The summed E-state index contributed by atoms with van der Waals surface area (Å²) in [5, 5.41) is 18.6. The van der Waals surface area contributed by atoms with Gasteiger partial charge in [0.25, 0.3) is 0 Å². The predicted octanol–water partition coefficient (Wildman–Crippen LogP) is 5.15. The third kappa shape index (κ3) is 4.70. The molecule has 6 nitrogen and oxygen atoms in total. The lowest BCUT2D eigenvalue weighted by Gasteiger charge is -2.30. The highest BCUT2D eigenvalue weighted by molar-refractivity contribution is 7.15. The summed E-state index contributed by atoms with van der Waals surface area (Å²) >= 11 is 1.44. The minimum absolute atomic E-state index is 0.0282. The number of nitrogens with one attached hydrogen (secondary N) is 2. The Morgan fingerprint density at radius 3 is 2.50 bits per heavy atom. The van der Waals surface area contributed by atoms with Crippen molar-refractivity contribution in [3.63, 3.8) is 0 Å². The summed E-state index contributed by atoms with van der Waals surface area (Å²) in [5.74, 6) is 0.204. The molecule has 1 atom stereocenters. The zero-order valence-corrected chi connectivity index (χ0v) is 19.6. The second-order valence-electron chi connectivity index (χ2n) is 8.53. The van der Waals surface area contributed by atoms with Crippen LogP contribution in [0.4, 0.5) is 10.3 Å². The molecule has 2 aromatic heterocycles. The molecule has 174 valence electrons. The van der Waals surface area contributed by atoms with E-state index < -0.39 is 5.60 Å². The van der Waals surface area contributed by atoms with Gasteiger partial charge >= 0.3 is 0 Å². The number of hydrogen-bond acceptors (Lipinski definition) is 7. The predicted molar refractivity (Wildman–Crippen MR) is 133 cm³/mol. The molecule has 0 amide bonds. The first-order chi connectivity index (χ1) is 16.5. The minimum atomic E-state index is -0.987. The molecule has 0 spiro atoms. The van der Waals surface area contributed by atoms with Gasteiger partial charge in [0.15, 0.2) is 0 Å². The van der Waals surface area contributed by atoms with Crippen LogP contribution >= 0.6 is 11.3 Å². The van der Waals surface area contributed by atoms with Crippen LogP contribution in [0.2, 0.25) is 0 Å². The van der Waals surface area contributed by atoms with E-state index >= 15 is 0 Å². The Morgan fingerprint density at radius 1 is 1.03 bits per heavy atom. The van der Waals surface area contributed by atoms with E-state index in [1.165, 1.54) is 23.5 Å². The van der Waals surface area contributed by atoms with Crippen molar-refractivity contribution in [2.45, 2.75) is 31.4 Å². The van der Waals surface area contributed by atoms with Gasteiger partial charge in [-0.15, -0.1) is 11.3 Å². The fourth-order valence-corrected chi connectivity index (χ4v) is 5.33. The van der Waals surface area contributed by atoms with Crippen molar-refractivity contribution in [1.29, 1.82) is 0 Å². The van der Waals surface area contributed by atoms with Crippen LogP contribution in [-0.4, -0.2) is 33.1 Å². The second-order valence-corrected chi connectivity index (χ2v) is 9.53. The number of aromatic nitrogens is 3. The van der Waals surface area contributed by atoms with E-state index in [2.05, 4.69) is 34.7 Å². The second kappa shape index (κ2) is 9.58. The van der Waals surface area contributed by atoms with Crippen LogP contribution in [0.3, 0.4) is 0 Å². The monoisotopic (exact) mass is 475 g/mol. The molecule has 1 saturated heterocycles. The molecule has 0 aliphatic carbocycles. The average molecular weight is 476 g/mol. The summed E-state index contributed by atoms with van der Waals surface area (Å²) in [7, 11) is 0. The first-order valence-electron chi connectivity index (χ1n) is 11.4. The van der Waals surface area contributed by atoms with Crippen molar-refractivity contribution in [3.05, 3.63) is 83.2 Å². The number of anilines is 1. The largest absolute Gasteiger partial charge is 0.383 e. The molecule has 8 heteroatoms. The van der Waals surface area contributed by atoms with Gasteiger partial charge in [-0.25, -0.2) is 19.3 Å². The summed E-state index contributed by atoms with van der Waals surface area (Å²) in [6.45, 7) is 3.53. The zero-order valence-electron chi connectivity index (χ0n) is 18.8. The molecule has 1 fully saturated rings. The number of thiazole rings is 1. The summed E-state index contributed by atoms with van der Waals surface area (Å²) in [6, 6.07) is 18.3. The molecule has 1 aliphatic rings. The van der Waals surface area contributed by atoms with Gasteiger partial charge in [-0.05, 0) is 68.8 Å². The van der Waals surface area contributed by atoms with Crippen LogP contribution in [0.25, 0.3) is 21.8 Å². The molecule has 0 unspecified atom stereocenters. The molecule has 3 N–H and O–H groups in total. The lowest BCUT2D eigenvalue weighted by atomic mass is 9.93. The molecular formula is C26H26FN5OS. The first-order valence-corrected chi connectivity index (χ1v) is 12.2. The Balaban J connectivity index is 1.53. The lowest BCUT2D eigenvalue weighted by molar-refractivity contribution is 0.00582. The van der Waals surface area contributed by atoms with E-state index in [0.717, 1.165) is 29.1 Å². The molecule has 2 aromatic carbocycles. The van der Waals surface area contributed by atoms with E-state index in [9.17, 15) is 9.50 Å². The Morgan fingerprint density at radius 2 is 1.76 bits per heavy atom. The smallest absolute Gasteiger partial charge is 0.223 e. The van der Waals surface area contributed by atoms with Crippen LogP contribution in [0, 0.1) is 5.82 Å². The molecule has 5 rings (SSSR count). The van der Waals surface area contributed by atoms with Crippen LogP contribution < -0.4 is 10.6 Å². The number of nitrogens with zero attached hydrogens (tertiary/aromatic N) is 3. The van der Waals surface area contributed by atoms with Gasteiger partial charge in [0.2, 0.25) is 5.95 Å². The quantitative estimate of drug-likeness (QED) is 0.358. The minimum Gasteiger partial charge on any atom is -0.383 e. The molecule has 34 heavy (non-hydrogen) atoms. The van der Waals surface area contributed by atoms with E-state index in [4.69, 9.17) is 9.97 Å². The fourth-order valence-electron chi connectivity index (χ4n) is 4.12. The van der Waals surface area contributed by atoms with Gasteiger partial charge < -0.3 is 15.7 Å². The van der Waals surface area contributed by atoms with Crippen molar-refractivity contribution in [1.82, 2.24) is 20.3 Å². The Hall–Kier alpha value is -3.20. The van der Waals surface area contributed by atoms with Crippen molar-refractivity contribution in [2.75, 3.05) is 18.4 Å². The Kier molecular flexibility index (Phi) is 6.36. The van der Waals surface area contributed by atoms with Gasteiger partial charge in [-0.1, -0.05) is 30.3 Å². The van der Waals surface area contributed by atoms with E-state index in [-0.39, 0.29) is 11.9 Å².